The monoisotopic (exact) mass is 1150 g/mol. The van der Waals surface area contributed by atoms with Gasteiger partial charge in [-0.2, -0.15) is 0 Å². The molecule has 0 N–H and O–H groups in total. The minimum absolute atomic E-state index is 0.763. The molecular weight excluding hydrogens is 1100 g/mol. The van der Waals surface area contributed by atoms with E-state index in [4.69, 9.17) is 19.9 Å². The molecule has 0 aliphatic heterocycles. The fourth-order valence-corrected chi connectivity index (χ4v) is 12.4. The van der Waals surface area contributed by atoms with Crippen molar-refractivity contribution in [2.24, 2.45) is 0 Å². The zero-order chi connectivity index (χ0) is 59.7. The Morgan fingerprint density at radius 2 is 0.511 bits per heavy atom. The van der Waals surface area contributed by atoms with Gasteiger partial charge in [0.05, 0.1) is 33.8 Å². The first-order valence-electron chi connectivity index (χ1n) is 30.3. The first-order chi connectivity index (χ1) is 44.6. The molecule has 5 heterocycles. The third kappa shape index (κ3) is 10.1. The van der Waals surface area contributed by atoms with Crippen LogP contribution in [0.2, 0.25) is 0 Å². The van der Waals surface area contributed by atoms with Crippen LogP contribution >= 0.6 is 0 Å². The van der Waals surface area contributed by atoms with Crippen LogP contribution in [0.1, 0.15) is 0 Å². The van der Waals surface area contributed by atoms with Crippen molar-refractivity contribution in [2.45, 2.75) is 0 Å². The van der Waals surface area contributed by atoms with Crippen molar-refractivity contribution in [3.05, 3.63) is 340 Å². The summed E-state index contributed by atoms with van der Waals surface area (Å²) >= 11 is 0. The van der Waals surface area contributed by atoms with Crippen LogP contribution in [0.15, 0.2) is 340 Å². The number of para-hydroxylation sites is 2. The van der Waals surface area contributed by atoms with Gasteiger partial charge in [0.1, 0.15) is 11.3 Å². The highest BCUT2D eigenvalue weighted by Gasteiger charge is 2.24. The van der Waals surface area contributed by atoms with E-state index in [0.717, 1.165) is 146 Å². The van der Waals surface area contributed by atoms with Crippen molar-refractivity contribution in [3.63, 3.8) is 0 Å². The van der Waals surface area contributed by atoms with E-state index >= 15 is 0 Å². The van der Waals surface area contributed by atoms with E-state index in [-0.39, 0.29) is 0 Å². The lowest BCUT2D eigenvalue weighted by Crippen LogP contribution is -2.10. The van der Waals surface area contributed by atoms with Gasteiger partial charge in [-0.15, -0.1) is 0 Å². The summed E-state index contributed by atoms with van der Waals surface area (Å²) in [4.78, 5) is 26.4. The molecule has 424 valence electrons. The molecule has 0 radical (unpaired) electrons. The highest BCUT2D eigenvalue weighted by molar-refractivity contribution is 6.07. The van der Waals surface area contributed by atoms with Crippen molar-refractivity contribution in [3.8, 4) is 89.5 Å². The summed E-state index contributed by atoms with van der Waals surface area (Å²) in [6, 6.07) is 111. The van der Waals surface area contributed by atoms with Crippen LogP contribution in [-0.4, -0.2) is 28.7 Å². The number of pyridine rings is 2. The molecule has 0 unspecified atom stereocenters. The van der Waals surface area contributed by atoms with Crippen LogP contribution < -0.4 is 9.80 Å². The lowest BCUT2D eigenvalue weighted by atomic mass is 9.89. The molecule has 11 aromatic carbocycles. The minimum atomic E-state index is 0.763. The van der Waals surface area contributed by atoms with Gasteiger partial charge in [-0.1, -0.05) is 218 Å². The van der Waals surface area contributed by atoms with E-state index < -0.39 is 0 Å². The van der Waals surface area contributed by atoms with Crippen molar-refractivity contribution in [1.82, 2.24) is 28.7 Å². The van der Waals surface area contributed by atoms with E-state index in [2.05, 4.69) is 310 Å². The topological polar surface area (TPSA) is 66.9 Å². The molecule has 0 aliphatic carbocycles. The van der Waals surface area contributed by atoms with Gasteiger partial charge in [0.2, 0.25) is 0 Å². The van der Waals surface area contributed by atoms with Gasteiger partial charge in [0, 0.05) is 92.3 Å². The Morgan fingerprint density at radius 1 is 0.211 bits per heavy atom. The summed E-state index contributed by atoms with van der Waals surface area (Å²) in [7, 11) is 0. The Labute approximate surface area is 521 Å². The molecule has 90 heavy (non-hydrogen) atoms. The predicted molar refractivity (Wildman–Crippen MR) is 370 cm³/mol. The number of nitrogens with zero attached hydrogens (tertiary/aromatic N) is 8. The Balaban J connectivity index is 0.871. The lowest BCUT2D eigenvalue weighted by molar-refractivity contribution is 1.19. The molecule has 0 bridgehead atoms. The van der Waals surface area contributed by atoms with Gasteiger partial charge in [0.25, 0.3) is 0 Å². The number of fused-ring (bicyclic) bond motifs is 3. The van der Waals surface area contributed by atoms with Gasteiger partial charge in [0.15, 0.2) is 0 Å². The summed E-state index contributed by atoms with van der Waals surface area (Å²) in [5.74, 6) is 0. The van der Waals surface area contributed by atoms with Crippen molar-refractivity contribution >= 4 is 56.5 Å². The number of hydrogen-bond donors (Lipinski definition) is 0. The quantitative estimate of drug-likeness (QED) is 0.108. The molecule has 5 aromatic heterocycles. The summed E-state index contributed by atoms with van der Waals surface area (Å²) in [6.45, 7) is 0. The van der Waals surface area contributed by atoms with Crippen LogP contribution in [0.3, 0.4) is 0 Å². The molecule has 0 saturated carbocycles. The largest absolute Gasteiger partial charge is 0.311 e. The minimum Gasteiger partial charge on any atom is -0.311 e. The maximum absolute atomic E-state index is 5.97. The van der Waals surface area contributed by atoms with Crippen molar-refractivity contribution in [1.29, 1.82) is 0 Å². The van der Waals surface area contributed by atoms with Gasteiger partial charge in [-0.25, -0.2) is 19.9 Å². The Morgan fingerprint density at radius 3 is 0.867 bits per heavy atom. The normalized spacial score (nSPS) is 11.3. The number of anilines is 6. The van der Waals surface area contributed by atoms with E-state index in [0.29, 0.717) is 0 Å². The molecule has 8 nitrogen and oxygen atoms in total. The van der Waals surface area contributed by atoms with Crippen LogP contribution in [0, 0.1) is 0 Å². The average molecular weight is 1150 g/mol. The highest BCUT2D eigenvalue weighted by atomic mass is 15.1. The fraction of sp³-hybridized carbons (Fsp3) is 0. The number of imidazole rings is 2. The molecular formula is C82H56N8. The summed E-state index contributed by atoms with van der Waals surface area (Å²) in [5.41, 5.74) is 25.4. The summed E-state index contributed by atoms with van der Waals surface area (Å²) < 4.78 is 4.11. The van der Waals surface area contributed by atoms with Crippen LogP contribution in [0.5, 0.6) is 0 Å². The standard InChI is InChI=1S/C82H56N8/c1-5-21-57(22-6-1)69-29-13-15-31-71(69)73-51-52-74(72-32-16-14-30-70(72)58-23-7-2-8-24-58)82-81(73)85-79(61-39-47-67(48-40-61)89(63-25-9-3-10-26-63)65-43-35-59(36-44-65)75-55-87-53-19-17-33-77(87)83-75)80(86-82)62-41-49-68(50-42-62)90(64-27-11-4-12-28-64)66-45-37-60(38-46-66)76-56-88-54-20-18-34-78(88)84-76/h1-56H. The van der Waals surface area contributed by atoms with E-state index in [1.807, 2.05) is 48.8 Å². The Hall–Kier alpha value is -12.3. The zero-order valence-electron chi connectivity index (χ0n) is 48.9. The van der Waals surface area contributed by atoms with Crippen LogP contribution in [-0.2, 0) is 0 Å². The SMILES string of the molecule is c1ccc(-c2ccccc2-c2ccc(-c3ccccc3-c3ccccc3)c3nc(-c4ccc(N(c5ccccc5)c5ccc(-c6cn7ccccc7n6)cc5)cc4)c(-c4ccc(N(c5ccccc5)c5ccc(-c6cn7ccccc7n6)cc5)cc4)nc23)cc1. The van der Waals surface area contributed by atoms with Crippen molar-refractivity contribution in [2.75, 3.05) is 9.80 Å². The highest BCUT2D eigenvalue weighted by Crippen LogP contribution is 2.45. The molecule has 0 saturated heterocycles. The van der Waals surface area contributed by atoms with Gasteiger partial charge in [-0.05, 0) is 130 Å². The third-order valence-corrected chi connectivity index (χ3v) is 16.8. The van der Waals surface area contributed by atoms with Gasteiger partial charge in [-0.3, -0.25) is 0 Å². The summed E-state index contributed by atoms with van der Waals surface area (Å²) in [5, 5.41) is 0. The molecule has 0 aliphatic rings. The molecule has 0 spiro atoms. The molecule has 0 fully saturated rings. The number of hydrogen-bond acceptors (Lipinski definition) is 6. The van der Waals surface area contributed by atoms with Crippen LogP contribution in [0.25, 0.3) is 112 Å². The average Bonchev–Trinajstić information content (AvgIpc) is 1.19. The van der Waals surface area contributed by atoms with Crippen molar-refractivity contribution < 1.29 is 0 Å². The third-order valence-electron chi connectivity index (χ3n) is 16.8. The smallest absolute Gasteiger partial charge is 0.137 e. The van der Waals surface area contributed by atoms with E-state index in [1.165, 1.54) is 0 Å². The number of benzene rings is 11. The second-order valence-electron chi connectivity index (χ2n) is 22.3. The summed E-state index contributed by atoms with van der Waals surface area (Å²) in [6.07, 6.45) is 8.22. The number of rotatable bonds is 14. The second kappa shape index (κ2) is 23.2. The maximum atomic E-state index is 5.97. The molecule has 16 rings (SSSR count). The fourth-order valence-electron chi connectivity index (χ4n) is 12.4. The molecule has 8 heteroatoms. The van der Waals surface area contributed by atoms with E-state index in [9.17, 15) is 0 Å². The Bertz CT molecular complexity index is 4810. The van der Waals surface area contributed by atoms with Gasteiger partial charge >= 0.3 is 0 Å². The maximum Gasteiger partial charge on any atom is 0.137 e. The first kappa shape index (κ1) is 53.2. The lowest BCUT2D eigenvalue weighted by Gasteiger charge is -2.26. The molecule has 0 atom stereocenters. The Kier molecular flexibility index (Phi) is 13.7. The van der Waals surface area contributed by atoms with E-state index in [1.54, 1.807) is 0 Å². The zero-order valence-corrected chi connectivity index (χ0v) is 48.9. The second-order valence-corrected chi connectivity index (χ2v) is 22.3. The predicted octanol–water partition coefficient (Wildman–Crippen LogP) is 21.2. The van der Waals surface area contributed by atoms with Crippen LogP contribution in [0.4, 0.5) is 34.1 Å². The van der Waals surface area contributed by atoms with Gasteiger partial charge < -0.3 is 18.6 Å². The first-order valence-corrected chi connectivity index (χ1v) is 30.3. The molecule has 0 amide bonds. The molecule has 16 aromatic rings. The number of aromatic nitrogens is 6.